The monoisotopic (exact) mass is 225 g/mol. The maximum atomic E-state index is 5.54. The van der Waals surface area contributed by atoms with Crippen molar-refractivity contribution < 1.29 is 4.74 Å². The van der Waals surface area contributed by atoms with Crippen LogP contribution in [0.15, 0.2) is 0 Å². The number of nitrogens with zero attached hydrogens (tertiary/aromatic N) is 4. The molecule has 0 aliphatic heterocycles. The number of aromatic nitrogens is 4. The van der Waals surface area contributed by atoms with Gasteiger partial charge in [-0.05, 0) is 6.92 Å². The first kappa shape index (κ1) is 9.91. The molecular weight excluding hydrogens is 214 g/mol. The Labute approximate surface area is 90.9 Å². The highest BCUT2D eigenvalue weighted by atomic mass is 32.1. The summed E-state index contributed by atoms with van der Waals surface area (Å²) in [7, 11) is 3.40. The maximum absolute atomic E-state index is 5.54. The number of methoxy groups -OCH3 is 1. The third-order valence-electron chi connectivity index (χ3n) is 2.03. The lowest BCUT2D eigenvalue weighted by Crippen LogP contribution is -1.96. The van der Waals surface area contributed by atoms with Gasteiger partial charge in [0.05, 0.1) is 12.8 Å². The highest BCUT2D eigenvalue weighted by Gasteiger charge is 2.19. The van der Waals surface area contributed by atoms with Gasteiger partial charge in [0.2, 0.25) is 5.88 Å². The molecule has 0 bridgehead atoms. The van der Waals surface area contributed by atoms with Crippen LogP contribution >= 0.6 is 11.5 Å². The van der Waals surface area contributed by atoms with E-state index in [4.69, 9.17) is 10.5 Å². The van der Waals surface area contributed by atoms with Gasteiger partial charge >= 0.3 is 0 Å². The smallest absolute Gasteiger partial charge is 0.222 e. The van der Waals surface area contributed by atoms with Crippen molar-refractivity contribution in [3.05, 3.63) is 5.69 Å². The molecule has 0 atom stereocenters. The van der Waals surface area contributed by atoms with Crippen molar-refractivity contribution in [3.63, 3.8) is 0 Å². The summed E-state index contributed by atoms with van der Waals surface area (Å²) in [5, 5.41) is 4.68. The molecular formula is C8H11N5OS. The van der Waals surface area contributed by atoms with Gasteiger partial charge < -0.3 is 10.5 Å². The molecule has 0 aliphatic carbocycles. The molecule has 2 heterocycles. The Morgan fingerprint density at radius 2 is 2.20 bits per heavy atom. The summed E-state index contributed by atoms with van der Waals surface area (Å²) in [6.07, 6.45) is 0. The van der Waals surface area contributed by atoms with Crippen LogP contribution in [0.4, 0.5) is 5.13 Å². The predicted molar refractivity (Wildman–Crippen MR) is 57.8 cm³/mol. The average molecular weight is 225 g/mol. The number of aryl methyl sites for hydroxylation is 2. The van der Waals surface area contributed by atoms with Crippen LogP contribution in [0.2, 0.25) is 0 Å². The Hall–Kier alpha value is -1.63. The maximum Gasteiger partial charge on any atom is 0.222 e. The Balaban J connectivity index is 2.61. The van der Waals surface area contributed by atoms with Crippen molar-refractivity contribution in [1.82, 2.24) is 19.1 Å². The minimum Gasteiger partial charge on any atom is -0.481 e. The minimum atomic E-state index is 0.440. The molecule has 2 N–H and O–H groups in total. The van der Waals surface area contributed by atoms with Crippen LogP contribution in [0, 0.1) is 6.92 Å². The lowest BCUT2D eigenvalue weighted by molar-refractivity contribution is 0.374. The Bertz CT molecular complexity index is 489. The summed E-state index contributed by atoms with van der Waals surface area (Å²) in [6, 6.07) is 0. The SMILES string of the molecule is COc1c(-c2nsc(N)n2)c(C)nn1C. The molecule has 0 unspecified atom stereocenters. The Kier molecular flexibility index (Phi) is 2.31. The van der Waals surface area contributed by atoms with E-state index >= 15 is 0 Å². The zero-order chi connectivity index (χ0) is 11.0. The Morgan fingerprint density at radius 3 is 2.73 bits per heavy atom. The van der Waals surface area contributed by atoms with Gasteiger partial charge in [0.1, 0.15) is 5.56 Å². The second-order valence-corrected chi connectivity index (χ2v) is 3.83. The molecule has 6 nitrogen and oxygen atoms in total. The van der Waals surface area contributed by atoms with Crippen molar-refractivity contribution in [1.29, 1.82) is 0 Å². The summed E-state index contributed by atoms with van der Waals surface area (Å²) in [5.74, 6) is 1.21. The van der Waals surface area contributed by atoms with E-state index in [1.54, 1.807) is 11.8 Å². The van der Waals surface area contributed by atoms with E-state index in [0.29, 0.717) is 16.8 Å². The molecule has 0 amide bonds. The van der Waals surface area contributed by atoms with Gasteiger partial charge in [0.15, 0.2) is 11.0 Å². The highest BCUT2D eigenvalue weighted by Crippen LogP contribution is 2.31. The van der Waals surface area contributed by atoms with E-state index in [-0.39, 0.29) is 0 Å². The van der Waals surface area contributed by atoms with Crippen LogP contribution in [0.5, 0.6) is 5.88 Å². The molecule has 7 heteroatoms. The van der Waals surface area contributed by atoms with E-state index in [2.05, 4.69) is 14.5 Å². The summed E-state index contributed by atoms with van der Waals surface area (Å²) in [6.45, 7) is 1.88. The molecule has 2 aromatic rings. The van der Waals surface area contributed by atoms with Crippen LogP contribution in [-0.4, -0.2) is 26.2 Å². The van der Waals surface area contributed by atoms with Gasteiger partial charge in [-0.3, -0.25) is 0 Å². The summed E-state index contributed by atoms with van der Waals surface area (Å²) in [4.78, 5) is 4.12. The molecule has 0 saturated heterocycles. The molecule has 2 rings (SSSR count). The summed E-state index contributed by atoms with van der Waals surface area (Å²) in [5.41, 5.74) is 7.17. The fraction of sp³-hybridized carbons (Fsp3) is 0.375. The van der Waals surface area contributed by atoms with E-state index in [0.717, 1.165) is 22.8 Å². The third kappa shape index (κ3) is 1.54. The number of nitrogens with two attached hydrogens (primary N) is 1. The van der Waals surface area contributed by atoms with Crippen molar-refractivity contribution in [3.8, 4) is 17.3 Å². The molecule has 0 spiro atoms. The molecule has 0 saturated carbocycles. The molecule has 0 aromatic carbocycles. The standard InChI is InChI=1S/C8H11N5OS/c1-4-5(6-10-8(9)15-12-6)7(14-3)13(2)11-4/h1-3H3,(H2,9,10,12). The first-order chi connectivity index (χ1) is 7.13. The van der Waals surface area contributed by atoms with Crippen molar-refractivity contribution in [2.45, 2.75) is 6.92 Å². The molecule has 80 valence electrons. The van der Waals surface area contributed by atoms with Gasteiger partial charge in [-0.2, -0.15) is 14.5 Å². The van der Waals surface area contributed by atoms with E-state index < -0.39 is 0 Å². The molecule has 15 heavy (non-hydrogen) atoms. The van der Waals surface area contributed by atoms with Crippen LogP contribution in [0.3, 0.4) is 0 Å². The zero-order valence-electron chi connectivity index (χ0n) is 8.68. The third-order valence-corrected chi connectivity index (χ3v) is 2.57. The second kappa shape index (κ2) is 3.50. The van der Waals surface area contributed by atoms with Crippen LogP contribution in [0.1, 0.15) is 5.69 Å². The van der Waals surface area contributed by atoms with Gasteiger partial charge in [-0.1, -0.05) is 0 Å². The minimum absolute atomic E-state index is 0.440. The first-order valence-electron chi connectivity index (χ1n) is 4.30. The lowest BCUT2D eigenvalue weighted by Gasteiger charge is -2.00. The van der Waals surface area contributed by atoms with Crippen LogP contribution < -0.4 is 10.5 Å². The second-order valence-electron chi connectivity index (χ2n) is 3.05. The summed E-state index contributed by atoms with van der Waals surface area (Å²) < 4.78 is 11.0. The number of nitrogen functional groups attached to an aromatic ring is 1. The number of ether oxygens (including phenoxy) is 1. The molecule has 2 aromatic heterocycles. The lowest BCUT2D eigenvalue weighted by atomic mass is 10.2. The Morgan fingerprint density at radius 1 is 1.47 bits per heavy atom. The van der Waals surface area contributed by atoms with Crippen molar-refractivity contribution in [2.24, 2.45) is 7.05 Å². The van der Waals surface area contributed by atoms with E-state index in [1.165, 1.54) is 0 Å². The molecule has 0 fully saturated rings. The fourth-order valence-corrected chi connectivity index (χ4v) is 1.90. The topological polar surface area (TPSA) is 78.8 Å². The van der Waals surface area contributed by atoms with Gasteiger partial charge in [0, 0.05) is 18.6 Å². The van der Waals surface area contributed by atoms with Gasteiger partial charge in [-0.25, -0.2) is 4.68 Å². The average Bonchev–Trinajstić information content (AvgIpc) is 2.70. The van der Waals surface area contributed by atoms with Gasteiger partial charge in [0.25, 0.3) is 0 Å². The quantitative estimate of drug-likeness (QED) is 0.819. The predicted octanol–water partition coefficient (Wildman–Crippen LogP) is 0.838. The summed E-state index contributed by atoms with van der Waals surface area (Å²) >= 11 is 1.16. The van der Waals surface area contributed by atoms with Crippen molar-refractivity contribution in [2.75, 3.05) is 12.8 Å². The fourth-order valence-electron chi connectivity index (χ4n) is 1.47. The van der Waals surface area contributed by atoms with Crippen LogP contribution in [0.25, 0.3) is 11.4 Å². The molecule has 0 aliphatic rings. The number of rotatable bonds is 2. The number of hydrogen-bond acceptors (Lipinski definition) is 6. The van der Waals surface area contributed by atoms with E-state index in [1.807, 2.05) is 14.0 Å². The normalized spacial score (nSPS) is 10.6. The number of hydrogen-bond donors (Lipinski definition) is 1. The number of anilines is 1. The van der Waals surface area contributed by atoms with E-state index in [9.17, 15) is 0 Å². The first-order valence-corrected chi connectivity index (χ1v) is 5.08. The largest absolute Gasteiger partial charge is 0.481 e. The van der Waals surface area contributed by atoms with Crippen molar-refractivity contribution >= 4 is 16.7 Å². The van der Waals surface area contributed by atoms with Crippen LogP contribution in [-0.2, 0) is 7.05 Å². The molecule has 0 radical (unpaired) electrons. The van der Waals surface area contributed by atoms with Gasteiger partial charge in [-0.15, -0.1) is 0 Å². The zero-order valence-corrected chi connectivity index (χ0v) is 9.50. The highest BCUT2D eigenvalue weighted by molar-refractivity contribution is 7.09.